The van der Waals surface area contributed by atoms with Gasteiger partial charge >= 0.3 is 0 Å². The third-order valence-corrected chi connectivity index (χ3v) is 4.68. The fraction of sp³-hybridized carbons (Fsp3) is 0.812. The fourth-order valence-corrected chi connectivity index (χ4v) is 3.17. The van der Waals surface area contributed by atoms with E-state index in [4.69, 9.17) is 11.6 Å². The maximum atomic E-state index is 6.21. The SMILES string of the molecule is CCCCc1nc(Cl)c(CNC2CCCC(C)CC2)[nH]1. The third kappa shape index (κ3) is 4.78. The third-order valence-electron chi connectivity index (χ3n) is 4.37. The van der Waals surface area contributed by atoms with E-state index in [0.29, 0.717) is 11.2 Å². The summed E-state index contributed by atoms with van der Waals surface area (Å²) in [5.41, 5.74) is 1.05. The first-order valence-electron chi connectivity index (χ1n) is 8.15. The Morgan fingerprint density at radius 2 is 2.15 bits per heavy atom. The lowest BCUT2D eigenvalue weighted by molar-refractivity contribution is 0.445. The molecule has 0 radical (unpaired) electrons. The fourth-order valence-electron chi connectivity index (χ4n) is 2.96. The molecule has 1 aliphatic rings. The maximum Gasteiger partial charge on any atom is 0.151 e. The van der Waals surface area contributed by atoms with E-state index in [-0.39, 0.29) is 0 Å². The van der Waals surface area contributed by atoms with Gasteiger partial charge < -0.3 is 10.3 Å². The van der Waals surface area contributed by atoms with Crippen molar-refractivity contribution < 1.29 is 0 Å². The summed E-state index contributed by atoms with van der Waals surface area (Å²) in [6.45, 7) is 5.38. The Morgan fingerprint density at radius 1 is 1.30 bits per heavy atom. The van der Waals surface area contributed by atoms with Crippen molar-refractivity contribution in [1.29, 1.82) is 0 Å². The number of hydrogen-bond donors (Lipinski definition) is 2. The van der Waals surface area contributed by atoms with Crippen LogP contribution in [0.3, 0.4) is 0 Å². The number of imidazole rings is 1. The van der Waals surface area contributed by atoms with Gasteiger partial charge in [-0.2, -0.15) is 0 Å². The molecule has 0 aromatic carbocycles. The van der Waals surface area contributed by atoms with E-state index in [1.807, 2.05) is 0 Å². The monoisotopic (exact) mass is 297 g/mol. The van der Waals surface area contributed by atoms with Gasteiger partial charge in [0.25, 0.3) is 0 Å². The second kappa shape index (κ2) is 8.04. The normalized spacial score (nSPS) is 23.8. The minimum absolute atomic E-state index is 0.637. The zero-order valence-electron chi connectivity index (χ0n) is 12.8. The number of nitrogens with one attached hydrogen (secondary N) is 2. The predicted octanol–water partition coefficient (Wildman–Crippen LogP) is 4.46. The van der Waals surface area contributed by atoms with E-state index in [9.17, 15) is 0 Å². The lowest BCUT2D eigenvalue weighted by Crippen LogP contribution is -2.28. The summed E-state index contributed by atoms with van der Waals surface area (Å²) in [5, 5.41) is 4.30. The standard InChI is InChI=1S/C16H28ClN3/c1-3-4-8-15-19-14(16(17)20-15)11-18-13-7-5-6-12(2)9-10-13/h12-13,18H,3-11H2,1-2H3,(H,19,20). The van der Waals surface area contributed by atoms with E-state index in [2.05, 4.69) is 29.1 Å². The number of nitrogens with zero attached hydrogens (tertiary/aromatic N) is 1. The first kappa shape index (κ1) is 15.8. The zero-order valence-corrected chi connectivity index (χ0v) is 13.6. The van der Waals surface area contributed by atoms with Gasteiger partial charge in [-0.25, -0.2) is 4.98 Å². The number of unbranched alkanes of at least 4 members (excludes halogenated alkanes) is 1. The highest BCUT2D eigenvalue weighted by atomic mass is 35.5. The van der Waals surface area contributed by atoms with E-state index in [1.165, 1.54) is 38.5 Å². The van der Waals surface area contributed by atoms with Gasteiger partial charge in [0, 0.05) is 19.0 Å². The van der Waals surface area contributed by atoms with Gasteiger partial charge in [0.2, 0.25) is 0 Å². The summed E-state index contributed by atoms with van der Waals surface area (Å²) in [4.78, 5) is 7.79. The van der Waals surface area contributed by atoms with Crippen LogP contribution in [0.2, 0.25) is 5.15 Å². The summed E-state index contributed by atoms with van der Waals surface area (Å²) in [7, 11) is 0. The number of halogens is 1. The highest BCUT2D eigenvalue weighted by Gasteiger charge is 2.16. The van der Waals surface area contributed by atoms with Crippen molar-refractivity contribution in [1.82, 2.24) is 15.3 Å². The number of aromatic amines is 1. The zero-order chi connectivity index (χ0) is 14.4. The molecule has 2 N–H and O–H groups in total. The first-order valence-corrected chi connectivity index (χ1v) is 8.53. The summed E-state index contributed by atoms with van der Waals surface area (Å²) in [6, 6.07) is 0.637. The number of H-pyrrole nitrogens is 1. The van der Waals surface area contributed by atoms with Crippen molar-refractivity contribution >= 4 is 11.6 Å². The first-order chi connectivity index (χ1) is 9.69. The van der Waals surface area contributed by atoms with E-state index in [0.717, 1.165) is 36.8 Å². The van der Waals surface area contributed by atoms with Gasteiger partial charge in [-0.1, -0.05) is 44.7 Å². The summed E-state index contributed by atoms with van der Waals surface area (Å²) < 4.78 is 0. The number of hydrogen-bond acceptors (Lipinski definition) is 2. The minimum Gasteiger partial charge on any atom is -0.344 e. The Balaban J connectivity index is 1.82. The van der Waals surface area contributed by atoms with Gasteiger partial charge in [0.1, 0.15) is 5.82 Å². The lowest BCUT2D eigenvalue weighted by Gasteiger charge is -2.15. The van der Waals surface area contributed by atoms with E-state index >= 15 is 0 Å². The number of aryl methyl sites for hydroxylation is 1. The van der Waals surface area contributed by atoms with Crippen LogP contribution in [0.25, 0.3) is 0 Å². The van der Waals surface area contributed by atoms with Crippen LogP contribution in [0.5, 0.6) is 0 Å². The van der Waals surface area contributed by atoms with Crippen molar-refractivity contribution in [2.75, 3.05) is 0 Å². The molecule has 1 aromatic heterocycles. The van der Waals surface area contributed by atoms with Crippen LogP contribution in [-0.2, 0) is 13.0 Å². The van der Waals surface area contributed by atoms with Gasteiger partial charge in [-0.05, 0) is 31.6 Å². The molecule has 2 atom stereocenters. The van der Waals surface area contributed by atoms with Crippen molar-refractivity contribution in [2.45, 2.75) is 77.8 Å². The molecule has 0 amide bonds. The molecule has 0 spiro atoms. The molecule has 0 bridgehead atoms. The molecule has 1 fully saturated rings. The molecule has 114 valence electrons. The number of rotatable bonds is 6. The van der Waals surface area contributed by atoms with E-state index in [1.54, 1.807) is 0 Å². The summed E-state index contributed by atoms with van der Waals surface area (Å²) in [6.07, 6.45) is 9.99. The molecule has 3 nitrogen and oxygen atoms in total. The second-order valence-corrected chi connectivity index (χ2v) is 6.61. The molecule has 1 aliphatic carbocycles. The van der Waals surface area contributed by atoms with Gasteiger partial charge in [0.05, 0.1) is 5.69 Å². The van der Waals surface area contributed by atoms with Crippen molar-refractivity contribution in [3.63, 3.8) is 0 Å². The van der Waals surface area contributed by atoms with Crippen LogP contribution >= 0.6 is 11.6 Å². The van der Waals surface area contributed by atoms with Crippen LogP contribution in [0.4, 0.5) is 0 Å². The van der Waals surface area contributed by atoms with Crippen molar-refractivity contribution in [3.05, 3.63) is 16.7 Å². The summed E-state index contributed by atoms with van der Waals surface area (Å²) in [5.74, 6) is 1.92. The van der Waals surface area contributed by atoms with Gasteiger partial charge in [-0.15, -0.1) is 0 Å². The van der Waals surface area contributed by atoms with Crippen LogP contribution in [0.1, 0.15) is 70.3 Å². The van der Waals surface area contributed by atoms with Crippen LogP contribution in [-0.4, -0.2) is 16.0 Å². The Bertz CT molecular complexity index is 402. The molecule has 0 aliphatic heterocycles. The lowest BCUT2D eigenvalue weighted by atomic mass is 10.0. The molecule has 20 heavy (non-hydrogen) atoms. The largest absolute Gasteiger partial charge is 0.344 e. The molecule has 4 heteroatoms. The molecule has 2 rings (SSSR count). The van der Waals surface area contributed by atoms with Gasteiger partial charge in [0.15, 0.2) is 5.15 Å². The quantitative estimate of drug-likeness (QED) is 0.761. The molecule has 2 unspecified atom stereocenters. The Labute approximate surface area is 127 Å². The van der Waals surface area contributed by atoms with Crippen molar-refractivity contribution in [3.8, 4) is 0 Å². The maximum absolute atomic E-state index is 6.21. The molecule has 1 heterocycles. The van der Waals surface area contributed by atoms with Crippen molar-refractivity contribution in [2.24, 2.45) is 5.92 Å². The topological polar surface area (TPSA) is 40.7 Å². The molecular formula is C16H28ClN3. The Kier molecular flexibility index (Phi) is 6.37. The second-order valence-electron chi connectivity index (χ2n) is 6.25. The average Bonchev–Trinajstić information content (AvgIpc) is 2.65. The Morgan fingerprint density at radius 3 is 2.95 bits per heavy atom. The van der Waals surface area contributed by atoms with Gasteiger partial charge in [-0.3, -0.25) is 0 Å². The van der Waals surface area contributed by atoms with Crippen LogP contribution < -0.4 is 5.32 Å². The Hall–Kier alpha value is -0.540. The molecule has 1 aromatic rings. The highest BCUT2D eigenvalue weighted by Crippen LogP contribution is 2.23. The summed E-state index contributed by atoms with van der Waals surface area (Å²) >= 11 is 6.21. The van der Waals surface area contributed by atoms with E-state index < -0.39 is 0 Å². The average molecular weight is 298 g/mol. The molecular weight excluding hydrogens is 270 g/mol. The van der Waals surface area contributed by atoms with Crippen LogP contribution in [0, 0.1) is 5.92 Å². The van der Waals surface area contributed by atoms with Crippen LogP contribution in [0.15, 0.2) is 0 Å². The molecule has 1 saturated carbocycles. The smallest absolute Gasteiger partial charge is 0.151 e. The minimum atomic E-state index is 0.637. The predicted molar refractivity (Wildman–Crippen MR) is 85.1 cm³/mol. The molecule has 0 saturated heterocycles. The highest BCUT2D eigenvalue weighted by molar-refractivity contribution is 6.30. The number of aromatic nitrogens is 2.